The predicted octanol–water partition coefficient (Wildman–Crippen LogP) is 4.90. The van der Waals surface area contributed by atoms with Crippen LogP contribution in [0.1, 0.15) is 60.0 Å². The number of pyridine rings is 1. The molecule has 1 aromatic carbocycles. The summed E-state index contributed by atoms with van der Waals surface area (Å²) in [5.74, 6) is -1.27. The van der Waals surface area contributed by atoms with Gasteiger partial charge in [0.15, 0.2) is 0 Å². The molecule has 200 valence electrons. The average molecular weight is 562 g/mol. The van der Waals surface area contributed by atoms with Gasteiger partial charge in [-0.25, -0.2) is 22.5 Å². The number of alkyl halides is 3. The first kappa shape index (κ1) is 26.0. The highest BCUT2D eigenvalue weighted by Crippen LogP contribution is 2.46. The second kappa shape index (κ2) is 9.00. The zero-order chi connectivity index (χ0) is 26.8. The maximum absolute atomic E-state index is 14.9. The molecule has 1 aromatic heterocycles. The number of amides is 1. The molecule has 0 spiro atoms. The number of rotatable bonds is 8. The Labute approximate surface area is 216 Å². The number of halogens is 5. The van der Waals surface area contributed by atoms with Gasteiger partial charge in [-0.3, -0.25) is 4.79 Å². The Hall–Kier alpha value is -2.60. The third kappa shape index (κ3) is 5.50. The first-order valence-corrected chi connectivity index (χ1v) is 13.7. The van der Waals surface area contributed by atoms with Crippen molar-refractivity contribution in [3.63, 3.8) is 0 Å². The topological polar surface area (TPSA) is 88.6 Å². The number of carbonyl (C=O) groups excluding carboxylic acids is 1. The van der Waals surface area contributed by atoms with Gasteiger partial charge in [0.1, 0.15) is 17.4 Å². The molecular formula is C24H24ClF4N3O4S. The molecule has 0 atom stereocenters. The summed E-state index contributed by atoms with van der Waals surface area (Å²) in [6, 6.07) is 3.32. The Morgan fingerprint density at radius 1 is 1.22 bits per heavy atom. The molecule has 2 saturated carbocycles. The summed E-state index contributed by atoms with van der Waals surface area (Å²) >= 11 is 6.04. The molecule has 1 amide bonds. The van der Waals surface area contributed by atoms with Crippen molar-refractivity contribution in [2.75, 3.05) is 24.6 Å². The number of nitrogens with zero attached hydrogens (tertiary/aromatic N) is 2. The van der Waals surface area contributed by atoms with Crippen molar-refractivity contribution < 1.29 is 35.5 Å². The Kier molecular flexibility index (Phi) is 6.33. The molecule has 3 fully saturated rings. The SMILES string of the molecule is CC1(COc2cc(F)c(C(=O)NS(=O)(=O)C3CC3)cc2C2CC2)CN(c2ncc(C(F)(F)F)cc2Cl)C1. The standard InChI is InChI=1S/C24H24ClF4N3O4S/c1-23(10-32(11-23)21-18(25)6-14(9-30-21)24(27,28)29)12-36-20-8-19(26)17(7-16(20)13-2-3-13)22(33)31-37(34,35)15-4-5-15/h6-9,13,15H,2-5,10-12H2,1H3,(H,31,33). The fourth-order valence-electron chi connectivity index (χ4n) is 4.42. The van der Waals surface area contributed by atoms with Crippen LogP contribution < -0.4 is 14.4 Å². The van der Waals surface area contributed by atoms with Gasteiger partial charge in [0, 0.05) is 30.8 Å². The van der Waals surface area contributed by atoms with E-state index < -0.39 is 44.2 Å². The summed E-state index contributed by atoms with van der Waals surface area (Å²) in [4.78, 5) is 18.1. The molecule has 5 rings (SSSR count). The monoisotopic (exact) mass is 561 g/mol. The molecule has 0 bridgehead atoms. The Morgan fingerprint density at radius 2 is 1.89 bits per heavy atom. The van der Waals surface area contributed by atoms with Crippen molar-refractivity contribution in [2.45, 2.75) is 50.0 Å². The molecule has 3 aliphatic rings. The van der Waals surface area contributed by atoms with E-state index in [4.69, 9.17) is 16.3 Å². The van der Waals surface area contributed by atoms with Gasteiger partial charge in [0.2, 0.25) is 10.0 Å². The quantitative estimate of drug-likeness (QED) is 0.461. The van der Waals surface area contributed by atoms with Crippen molar-refractivity contribution in [2.24, 2.45) is 5.41 Å². The lowest BCUT2D eigenvalue weighted by Crippen LogP contribution is -2.58. The lowest BCUT2D eigenvalue weighted by atomic mass is 9.83. The highest BCUT2D eigenvalue weighted by molar-refractivity contribution is 7.91. The summed E-state index contributed by atoms with van der Waals surface area (Å²) < 4.78 is 85.6. The molecule has 1 N–H and O–H groups in total. The number of sulfonamides is 1. The van der Waals surface area contributed by atoms with E-state index >= 15 is 0 Å². The van der Waals surface area contributed by atoms with Gasteiger partial charge in [-0.05, 0) is 49.3 Å². The molecule has 2 heterocycles. The van der Waals surface area contributed by atoms with E-state index in [2.05, 4.69) is 4.98 Å². The number of hydrogen-bond acceptors (Lipinski definition) is 6. The van der Waals surface area contributed by atoms with Crippen LogP contribution in [0.5, 0.6) is 5.75 Å². The van der Waals surface area contributed by atoms with E-state index in [0.29, 0.717) is 31.5 Å². The van der Waals surface area contributed by atoms with Crippen LogP contribution >= 0.6 is 11.6 Å². The first-order chi connectivity index (χ1) is 17.3. The number of hydrogen-bond donors (Lipinski definition) is 1. The van der Waals surface area contributed by atoms with Crippen molar-refractivity contribution in [3.8, 4) is 5.75 Å². The molecule has 1 aliphatic heterocycles. The molecule has 1 saturated heterocycles. The van der Waals surface area contributed by atoms with Gasteiger partial charge < -0.3 is 9.64 Å². The number of nitrogens with one attached hydrogen (secondary N) is 1. The summed E-state index contributed by atoms with van der Waals surface area (Å²) in [6.07, 6.45) is -1.17. The van der Waals surface area contributed by atoms with E-state index in [1.807, 2.05) is 11.6 Å². The van der Waals surface area contributed by atoms with Gasteiger partial charge in [0.25, 0.3) is 5.91 Å². The van der Waals surface area contributed by atoms with Crippen molar-refractivity contribution in [1.29, 1.82) is 0 Å². The summed E-state index contributed by atoms with van der Waals surface area (Å²) in [5.41, 5.74) is -1.03. The third-order valence-electron chi connectivity index (χ3n) is 6.73. The van der Waals surface area contributed by atoms with Gasteiger partial charge in [-0.15, -0.1) is 0 Å². The van der Waals surface area contributed by atoms with Crippen molar-refractivity contribution in [1.82, 2.24) is 9.71 Å². The van der Waals surface area contributed by atoms with Crippen LogP contribution in [0.15, 0.2) is 24.4 Å². The zero-order valence-corrected chi connectivity index (χ0v) is 21.3. The molecule has 37 heavy (non-hydrogen) atoms. The van der Waals surface area contributed by atoms with Crippen LogP contribution in [-0.2, 0) is 16.2 Å². The number of carbonyl (C=O) groups is 1. The lowest BCUT2D eigenvalue weighted by molar-refractivity contribution is -0.137. The van der Waals surface area contributed by atoms with Crippen LogP contribution in [0.3, 0.4) is 0 Å². The van der Waals surface area contributed by atoms with E-state index in [0.717, 1.165) is 31.2 Å². The van der Waals surface area contributed by atoms with Crippen LogP contribution in [0.25, 0.3) is 0 Å². The fraction of sp³-hybridized carbons (Fsp3) is 0.500. The summed E-state index contributed by atoms with van der Waals surface area (Å²) in [7, 11) is -3.82. The predicted molar refractivity (Wildman–Crippen MR) is 128 cm³/mol. The molecule has 2 aliphatic carbocycles. The highest BCUT2D eigenvalue weighted by Gasteiger charge is 2.42. The minimum Gasteiger partial charge on any atom is -0.492 e. The highest BCUT2D eigenvalue weighted by atomic mass is 35.5. The minimum absolute atomic E-state index is 0.0861. The number of anilines is 1. The second-order valence-corrected chi connectivity index (χ2v) is 12.7. The molecule has 0 unspecified atom stereocenters. The van der Waals surface area contributed by atoms with Crippen molar-refractivity contribution in [3.05, 3.63) is 51.9 Å². The van der Waals surface area contributed by atoms with Gasteiger partial charge >= 0.3 is 6.18 Å². The Bertz CT molecular complexity index is 1350. The number of aromatic nitrogens is 1. The molecule has 2 aromatic rings. The normalized spacial score (nSPS) is 19.4. The van der Waals surface area contributed by atoms with Crippen LogP contribution in [0.4, 0.5) is 23.4 Å². The van der Waals surface area contributed by atoms with Crippen molar-refractivity contribution >= 4 is 33.3 Å². The van der Waals surface area contributed by atoms with E-state index in [1.165, 1.54) is 6.07 Å². The van der Waals surface area contributed by atoms with E-state index in [-0.39, 0.29) is 34.7 Å². The van der Waals surface area contributed by atoms with Gasteiger partial charge in [-0.1, -0.05) is 18.5 Å². The fourth-order valence-corrected chi connectivity index (χ4v) is 5.99. The second-order valence-electron chi connectivity index (χ2n) is 10.3. The summed E-state index contributed by atoms with van der Waals surface area (Å²) in [5, 5.41) is -0.714. The lowest BCUT2D eigenvalue weighted by Gasteiger charge is -2.48. The van der Waals surface area contributed by atoms with Gasteiger partial charge in [0.05, 0.1) is 28.0 Å². The zero-order valence-electron chi connectivity index (χ0n) is 19.7. The Balaban J connectivity index is 1.26. The van der Waals surface area contributed by atoms with Gasteiger partial charge in [-0.2, -0.15) is 13.2 Å². The third-order valence-corrected chi connectivity index (χ3v) is 8.83. The summed E-state index contributed by atoms with van der Waals surface area (Å²) in [6.45, 7) is 2.92. The maximum Gasteiger partial charge on any atom is 0.417 e. The molecular weight excluding hydrogens is 538 g/mol. The minimum atomic E-state index is -4.54. The van der Waals surface area contributed by atoms with Crippen LogP contribution in [-0.4, -0.2) is 44.3 Å². The molecule has 13 heteroatoms. The number of ether oxygens (including phenoxy) is 1. The maximum atomic E-state index is 14.9. The smallest absolute Gasteiger partial charge is 0.417 e. The Morgan fingerprint density at radius 3 is 2.46 bits per heavy atom. The molecule has 7 nitrogen and oxygen atoms in total. The van der Waals surface area contributed by atoms with E-state index in [1.54, 1.807) is 4.90 Å². The van der Waals surface area contributed by atoms with Crippen LogP contribution in [0, 0.1) is 11.2 Å². The molecule has 0 radical (unpaired) electrons. The largest absolute Gasteiger partial charge is 0.492 e. The first-order valence-electron chi connectivity index (χ1n) is 11.8. The average Bonchev–Trinajstić information content (AvgIpc) is 3.67. The number of benzene rings is 1. The van der Waals surface area contributed by atoms with Crippen LogP contribution in [0.2, 0.25) is 5.02 Å². The van der Waals surface area contributed by atoms with E-state index in [9.17, 15) is 30.8 Å².